The molecule has 3 aromatic carbocycles. The molecule has 4 aromatic rings. The summed E-state index contributed by atoms with van der Waals surface area (Å²) in [6.07, 6.45) is 0. The van der Waals surface area contributed by atoms with Crippen molar-refractivity contribution in [2.75, 3.05) is 0 Å². The second-order valence-electron chi connectivity index (χ2n) is 5.78. The van der Waals surface area contributed by atoms with Gasteiger partial charge in [0, 0.05) is 17.7 Å². The van der Waals surface area contributed by atoms with Crippen LogP contribution >= 0.6 is 0 Å². The van der Waals surface area contributed by atoms with Crippen LogP contribution in [0.5, 0.6) is 0 Å². The highest BCUT2D eigenvalue weighted by molar-refractivity contribution is 6.07. The third-order valence-corrected chi connectivity index (χ3v) is 4.48. The van der Waals surface area contributed by atoms with Crippen molar-refractivity contribution in [3.05, 3.63) is 78.4 Å². The van der Waals surface area contributed by atoms with Crippen LogP contribution in [0, 0.1) is 6.92 Å². The van der Waals surface area contributed by atoms with E-state index in [0.717, 1.165) is 0 Å². The van der Waals surface area contributed by atoms with E-state index in [0.29, 0.717) is 0 Å². The molecule has 0 bridgehead atoms. The topological polar surface area (TPSA) is 3.88 Å². The van der Waals surface area contributed by atoms with Crippen molar-refractivity contribution < 1.29 is 4.57 Å². The van der Waals surface area contributed by atoms with E-state index in [1.54, 1.807) is 0 Å². The number of fused-ring (bicyclic) bond motifs is 2. The number of aromatic nitrogens is 1. The molecule has 0 N–H and O–H groups in total. The van der Waals surface area contributed by atoms with E-state index >= 15 is 0 Å². The third kappa shape index (κ3) is 1.82. The number of rotatable bonds is 1. The molecule has 0 radical (unpaired) electrons. The van der Waals surface area contributed by atoms with Crippen molar-refractivity contribution in [3.8, 4) is 11.1 Å². The van der Waals surface area contributed by atoms with E-state index in [4.69, 9.17) is 0 Å². The predicted octanol–water partition coefficient (Wildman–Crippen LogP) is 4.79. The lowest BCUT2D eigenvalue weighted by Crippen LogP contribution is -2.30. The van der Waals surface area contributed by atoms with Crippen molar-refractivity contribution >= 4 is 21.8 Å². The monoisotopic (exact) mass is 284 g/mol. The maximum Gasteiger partial charge on any atom is 0.213 e. The van der Waals surface area contributed by atoms with Gasteiger partial charge < -0.3 is 0 Å². The summed E-state index contributed by atoms with van der Waals surface area (Å²) in [5.74, 6) is 0. The minimum absolute atomic E-state index is 1.26. The molecule has 0 unspecified atom stereocenters. The smallest absolute Gasteiger partial charge is 0.194 e. The van der Waals surface area contributed by atoms with Crippen molar-refractivity contribution in [1.82, 2.24) is 0 Å². The van der Waals surface area contributed by atoms with Crippen LogP contribution in [0.1, 0.15) is 5.56 Å². The zero-order valence-corrected chi connectivity index (χ0v) is 12.9. The van der Waals surface area contributed by atoms with E-state index in [1.165, 1.54) is 38.5 Å². The second-order valence-corrected chi connectivity index (χ2v) is 5.78. The van der Waals surface area contributed by atoms with E-state index < -0.39 is 0 Å². The lowest BCUT2D eigenvalue weighted by atomic mass is 9.93. The lowest BCUT2D eigenvalue weighted by molar-refractivity contribution is -0.617. The largest absolute Gasteiger partial charge is 0.213 e. The summed E-state index contributed by atoms with van der Waals surface area (Å²) in [6.45, 7) is 2.19. The molecule has 22 heavy (non-hydrogen) atoms. The van der Waals surface area contributed by atoms with E-state index in [1.807, 2.05) is 0 Å². The third-order valence-electron chi connectivity index (χ3n) is 4.48. The average Bonchev–Trinajstić information content (AvgIpc) is 2.57. The number of hydrogen-bond acceptors (Lipinski definition) is 0. The summed E-state index contributed by atoms with van der Waals surface area (Å²) in [5.41, 5.74) is 6.49. The Labute approximate surface area is 130 Å². The van der Waals surface area contributed by atoms with Crippen molar-refractivity contribution in [2.45, 2.75) is 6.92 Å². The minimum Gasteiger partial charge on any atom is -0.194 e. The number of nitrogens with zero attached hydrogens (tertiary/aromatic N) is 1. The fraction of sp³-hybridized carbons (Fsp3) is 0.0952. The zero-order valence-electron chi connectivity index (χ0n) is 12.9. The van der Waals surface area contributed by atoms with Crippen molar-refractivity contribution in [2.24, 2.45) is 7.05 Å². The molecule has 0 fully saturated rings. The number of hydrogen-bond donors (Lipinski definition) is 0. The molecule has 0 saturated carbocycles. The molecule has 4 rings (SSSR count). The average molecular weight is 284 g/mol. The summed E-state index contributed by atoms with van der Waals surface area (Å²) in [5, 5.41) is 2.61. The normalized spacial score (nSPS) is 11.2. The molecule has 0 atom stereocenters. The molecule has 1 aromatic heterocycles. The van der Waals surface area contributed by atoms with Crippen LogP contribution in [0.3, 0.4) is 0 Å². The van der Waals surface area contributed by atoms with Gasteiger partial charge in [-0.25, -0.2) is 0 Å². The first-order valence-corrected chi connectivity index (χ1v) is 7.63. The van der Waals surface area contributed by atoms with Gasteiger partial charge in [-0.05, 0) is 30.2 Å². The Hall–Kier alpha value is -2.67. The van der Waals surface area contributed by atoms with Gasteiger partial charge >= 0.3 is 0 Å². The molecule has 1 heteroatoms. The van der Waals surface area contributed by atoms with Crippen LogP contribution in [0.4, 0.5) is 0 Å². The van der Waals surface area contributed by atoms with Crippen LogP contribution < -0.4 is 4.57 Å². The maximum absolute atomic E-state index is 2.28. The summed E-state index contributed by atoms with van der Waals surface area (Å²) < 4.78 is 2.28. The molecule has 1 nitrogen and oxygen atoms in total. The van der Waals surface area contributed by atoms with Gasteiger partial charge in [0.05, 0.1) is 10.8 Å². The number of para-hydroxylation sites is 2. The number of aryl methyl sites for hydroxylation is 2. The van der Waals surface area contributed by atoms with Gasteiger partial charge in [0.2, 0.25) is 11.0 Å². The quantitative estimate of drug-likeness (QED) is 0.349. The number of pyridine rings is 1. The summed E-state index contributed by atoms with van der Waals surface area (Å²) in [6, 6.07) is 26.0. The Balaban J connectivity index is 2.29. The van der Waals surface area contributed by atoms with Crippen LogP contribution in [0.25, 0.3) is 32.9 Å². The van der Waals surface area contributed by atoms with Crippen LogP contribution in [-0.4, -0.2) is 0 Å². The summed E-state index contributed by atoms with van der Waals surface area (Å²) in [7, 11) is 2.15. The first-order chi connectivity index (χ1) is 10.8. The molecule has 0 aliphatic carbocycles. The molecule has 0 aliphatic rings. The highest BCUT2D eigenvalue weighted by atomic mass is 14.9. The molecular weight excluding hydrogens is 266 g/mol. The zero-order chi connectivity index (χ0) is 15.1. The van der Waals surface area contributed by atoms with Gasteiger partial charge in [-0.2, -0.15) is 4.57 Å². The van der Waals surface area contributed by atoms with Gasteiger partial charge in [-0.3, -0.25) is 0 Å². The maximum atomic E-state index is 2.28. The standard InChI is InChI=1S/C21H18N/c1-15-9-3-4-10-16(15)21-17-11-5-7-13-19(17)22(2)20-14-8-6-12-18(20)21/h3-14H,1-2H3/q+1. The fourth-order valence-corrected chi connectivity index (χ4v) is 3.37. The SMILES string of the molecule is Cc1ccccc1-c1c2ccccc2[n+](C)c2ccccc12. The molecule has 1 heterocycles. The Morgan fingerprint density at radius 2 is 1.14 bits per heavy atom. The number of benzene rings is 3. The van der Waals surface area contributed by atoms with Gasteiger partial charge in [0.15, 0.2) is 0 Å². The van der Waals surface area contributed by atoms with Gasteiger partial charge in [-0.1, -0.05) is 48.5 Å². The highest BCUT2D eigenvalue weighted by Crippen LogP contribution is 2.35. The first kappa shape index (κ1) is 13.0. The predicted molar refractivity (Wildman–Crippen MR) is 92.8 cm³/mol. The van der Waals surface area contributed by atoms with Gasteiger partial charge in [0.1, 0.15) is 7.05 Å². The van der Waals surface area contributed by atoms with Crippen LogP contribution in [-0.2, 0) is 7.05 Å². The summed E-state index contributed by atoms with van der Waals surface area (Å²) >= 11 is 0. The summed E-state index contributed by atoms with van der Waals surface area (Å²) in [4.78, 5) is 0. The second kappa shape index (κ2) is 4.96. The van der Waals surface area contributed by atoms with E-state index in [2.05, 4.69) is 91.3 Å². The lowest BCUT2D eigenvalue weighted by Gasteiger charge is -2.12. The molecule has 0 aliphatic heterocycles. The molecular formula is C21H18N+. The molecule has 106 valence electrons. The van der Waals surface area contributed by atoms with Crippen molar-refractivity contribution in [3.63, 3.8) is 0 Å². The molecule has 0 spiro atoms. The van der Waals surface area contributed by atoms with Gasteiger partial charge in [-0.15, -0.1) is 0 Å². The van der Waals surface area contributed by atoms with Gasteiger partial charge in [0.25, 0.3) is 0 Å². The van der Waals surface area contributed by atoms with Crippen LogP contribution in [0.2, 0.25) is 0 Å². The molecule has 0 amide bonds. The van der Waals surface area contributed by atoms with E-state index in [9.17, 15) is 0 Å². The molecule has 0 saturated heterocycles. The Morgan fingerprint density at radius 3 is 1.73 bits per heavy atom. The van der Waals surface area contributed by atoms with Crippen molar-refractivity contribution in [1.29, 1.82) is 0 Å². The Bertz CT molecular complexity index is 942. The minimum atomic E-state index is 1.26. The Kier molecular flexibility index (Phi) is 2.93. The first-order valence-electron chi connectivity index (χ1n) is 7.63. The van der Waals surface area contributed by atoms with E-state index in [-0.39, 0.29) is 0 Å². The highest BCUT2D eigenvalue weighted by Gasteiger charge is 2.18. The fourth-order valence-electron chi connectivity index (χ4n) is 3.37. The van der Waals surface area contributed by atoms with Crippen LogP contribution in [0.15, 0.2) is 72.8 Å². The Morgan fingerprint density at radius 1 is 0.636 bits per heavy atom.